The van der Waals surface area contributed by atoms with Crippen LogP contribution in [0.4, 0.5) is 5.95 Å². The van der Waals surface area contributed by atoms with Crippen molar-refractivity contribution >= 4 is 17.7 Å². The molecule has 0 spiro atoms. The third-order valence-electron chi connectivity index (χ3n) is 1.99. The fraction of sp³-hybridized carbons (Fsp3) is 0.200. The van der Waals surface area contributed by atoms with Gasteiger partial charge in [-0.25, -0.2) is 15.0 Å². The summed E-state index contributed by atoms with van der Waals surface area (Å²) >= 11 is 1.30. The summed E-state index contributed by atoms with van der Waals surface area (Å²) in [6.07, 6.45) is 3.19. The van der Waals surface area contributed by atoms with Crippen LogP contribution in [-0.4, -0.2) is 27.0 Å². The molecule has 0 saturated carbocycles. The fourth-order valence-electron chi connectivity index (χ4n) is 1.15. The molecule has 88 valence electrons. The van der Waals surface area contributed by atoms with Crippen molar-refractivity contribution in [1.82, 2.24) is 19.9 Å². The number of aromatic amines is 1. The van der Waals surface area contributed by atoms with Crippen molar-refractivity contribution in [3.63, 3.8) is 0 Å². The van der Waals surface area contributed by atoms with E-state index in [0.29, 0.717) is 11.1 Å². The van der Waals surface area contributed by atoms with E-state index in [9.17, 15) is 4.79 Å². The first-order valence-corrected chi connectivity index (χ1v) is 5.75. The van der Waals surface area contributed by atoms with Gasteiger partial charge in [-0.15, -0.1) is 0 Å². The van der Waals surface area contributed by atoms with Crippen molar-refractivity contribution in [2.24, 2.45) is 0 Å². The van der Waals surface area contributed by atoms with Crippen LogP contribution < -0.4 is 10.9 Å². The molecule has 0 aliphatic heterocycles. The first-order chi connectivity index (χ1) is 8.19. The Labute approximate surface area is 102 Å². The first kappa shape index (κ1) is 11.6. The van der Waals surface area contributed by atoms with Crippen LogP contribution >= 0.6 is 11.8 Å². The SMILES string of the molecule is CNc1ncc(C)c(Sc2nccc(=O)[nH]2)n1. The summed E-state index contributed by atoms with van der Waals surface area (Å²) < 4.78 is 0. The topological polar surface area (TPSA) is 83.6 Å². The molecule has 0 aliphatic carbocycles. The Morgan fingerprint density at radius 1 is 1.41 bits per heavy atom. The number of nitrogens with zero attached hydrogens (tertiary/aromatic N) is 3. The minimum Gasteiger partial charge on any atom is -0.357 e. The number of aryl methyl sites for hydroxylation is 1. The molecule has 0 radical (unpaired) electrons. The lowest BCUT2D eigenvalue weighted by atomic mass is 10.4. The summed E-state index contributed by atoms with van der Waals surface area (Å²) in [6, 6.07) is 1.37. The molecule has 0 saturated heterocycles. The molecular weight excluding hydrogens is 238 g/mol. The van der Waals surface area contributed by atoms with Crippen LogP contribution in [0, 0.1) is 6.92 Å². The quantitative estimate of drug-likeness (QED) is 0.625. The molecule has 0 unspecified atom stereocenters. The molecule has 7 heteroatoms. The Morgan fingerprint density at radius 2 is 2.24 bits per heavy atom. The molecule has 0 fully saturated rings. The van der Waals surface area contributed by atoms with Crippen LogP contribution in [-0.2, 0) is 0 Å². The number of hydrogen-bond donors (Lipinski definition) is 2. The Morgan fingerprint density at radius 3 is 2.94 bits per heavy atom. The highest BCUT2D eigenvalue weighted by Gasteiger charge is 2.06. The molecule has 2 N–H and O–H groups in total. The summed E-state index contributed by atoms with van der Waals surface area (Å²) in [6.45, 7) is 1.91. The lowest BCUT2D eigenvalue weighted by Gasteiger charge is -2.05. The van der Waals surface area contributed by atoms with Crippen molar-refractivity contribution in [3.05, 3.63) is 34.4 Å². The lowest BCUT2D eigenvalue weighted by Crippen LogP contribution is -2.05. The monoisotopic (exact) mass is 249 g/mol. The van der Waals surface area contributed by atoms with Crippen LogP contribution in [0.5, 0.6) is 0 Å². The maximum absolute atomic E-state index is 11.1. The van der Waals surface area contributed by atoms with E-state index in [4.69, 9.17) is 0 Å². The standard InChI is InChI=1S/C10H11N5OS/c1-6-5-13-9(11-2)15-8(6)17-10-12-4-3-7(16)14-10/h3-5H,1-2H3,(H,11,13,15)(H,12,14,16). The number of hydrogen-bond acceptors (Lipinski definition) is 6. The lowest BCUT2D eigenvalue weighted by molar-refractivity contribution is 0.924. The van der Waals surface area contributed by atoms with Gasteiger partial charge in [-0.3, -0.25) is 4.79 Å². The minimum atomic E-state index is -0.178. The highest BCUT2D eigenvalue weighted by atomic mass is 32.2. The highest BCUT2D eigenvalue weighted by molar-refractivity contribution is 7.99. The average molecular weight is 249 g/mol. The maximum atomic E-state index is 11.1. The fourth-order valence-corrected chi connectivity index (χ4v) is 1.94. The van der Waals surface area contributed by atoms with Gasteiger partial charge in [-0.2, -0.15) is 0 Å². The van der Waals surface area contributed by atoms with E-state index in [1.165, 1.54) is 24.0 Å². The van der Waals surface area contributed by atoms with Crippen molar-refractivity contribution in [3.8, 4) is 0 Å². The van der Waals surface area contributed by atoms with Gasteiger partial charge in [0, 0.05) is 31.1 Å². The van der Waals surface area contributed by atoms with Gasteiger partial charge in [-0.05, 0) is 18.7 Å². The molecule has 0 amide bonds. The Balaban J connectivity index is 2.32. The first-order valence-electron chi connectivity index (χ1n) is 4.93. The van der Waals surface area contributed by atoms with Crippen LogP contribution in [0.2, 0.25) is 0 Å². The zero-order chi connectivity index (χ0) is 12.3. The number of nitrogens with one attached hydrogen (secondary N) is 2. The van der Waals surface area contributed by atoms with Gasteiger partial charge in [0.2, 0.25) is 5.95 Å². The number of H-pyrrole nitrogens is 1. The van der Waals surface area contributed by atoms with Gasteiger partial charge in [-0.1, -0.05) is 0 Å². The van der Waals surface area contributed by atoms with Crippen LogP contribution in [0.25, 0.3) is 0 Å². The van der Waals surface area contributed by atoms with Gasteiger partial charge in [0.1, 0.15) is 5.03 Å². The Hall–Kier alpha value is -1.89. The molecule has 17 heavy (non-hydrogen) atoms. The average Bonchev–Trinajstić information content (AvgIpc) is 2.32. The smallest absolute Gasteiger partial charge is 0.251 e. The van der Waals surface area contributed by atoms with E-state index in [1.807, 2.05) is 6.92 Å². The van der Waals surface area contributed by atoms with E-state index >= 15 is 0 Å². The highest BCUT2D eigenvalue weighted by Crippen LogP contribution is 2.24. The summed E-state index contributed by atoms with van der Waals surface area (Å²) in [5, 5.41) is 4.14. The third-order valence-corrected chi connectivity index (χ3v) is 3.00. The second kappa shape index (κ2) is 4.96. The minimum absolute atomic E-state index is 0.178. The summed E-state index contributed by atoms with van der Waals surface area (Å²) in [5.41, 5.74) is 0.753. The summed E-state index contributed by atoms with van der Waals surface area (Å²) in [7, 11) is 1.75. The van der Waals surface area contributed by atoms with Crippen LogP contribution in [0.15, 0.2) is 33.4 Å². The van der Waals surface area contributed by atoms with E-state index in [2.05, 4.69) is 25.3 Å². The molecule has 0 atom stereocenters. The van der Waals surface area contributed by atoms with E-state index in [-0.39, 0.29) is 5.56 Å². The van der Waals surface area contributed by atoms with Crippen molar-refractivity contribution in [2.75, 3.05) is 12.4 Å². The van der Waals surface area contributed by atoms with Crippen molar-refractivity contribution < 1.29 is 0 Å². The molecule has 0 bridgehead atoms. The molecule has 0 aromatic carbocycles. The largest absolute Gasteiger partial charge is 0.357 e. The van der Waals surface area contributed by atoms with E-state index in [1.54, 1.807) is 13.2 Å². The number of anilines is 1. The van der Waals surface area contributed by atoms with Gasteiger partial charge >= 0.3 is 0 Å². The van der Waals surface area contributed by atoms with Crippen molar-refractivity contribution in [1.29, 1.82) is 0 Å². The second-order valence-corrected chi connectivity index (χ2v) is 4.25. The molecule has 6 nitrogen and oxygen atoms in total. The third kappa shape index (κ3) is 2.82. The zero-order valence-corrected chi connectivity index (χ0v) is 10.2. The molecule has 2 aromatic rings. The van der Waals surface area contributed by atoms with Gasteiger partial charge in [0.05, 0.1) is 0 Å². The maximum Gasteiger partial charge on any atom is 0.251 e. The molecular formula is C10H11N5OS. The summed E-state index contributed by atoms with van der Waals surface area (Å²) in [5.74, 6) is 0.538. The Kier molecular flexibility index (Phi) is 3.38. The number of rotatable bonds is 3. The number of aromatic nitrogens is 4. The predicted octanol–water partition coefficient (Wildman–Crippen LogP) is 1.06. The predicted molar refractivity (Wildman–Crippen MR) is 65.3 cm³/mol. The normalized spacial score (nSPS) is 10.2. The van der Waals surface area contributed by atoms with Gasteiger partial charge in [0.25, 0.3) is 5.56 Å². The molecule has 2 aromatic heterocycles. The zero-order valence-electron chi connectivity index (χ0n) is 9.39. The van der Waals surface area contributed by atoms with Gasteiger partial charge < -0.3 is 10.3 Å². The van der Waals surface area contributed by atoms with Crippen LogP contribution in [0.3, 0.4) is 0 Å². The van der Waals surface area contributed by atoms with Crippen LogP contribution in [0.1, 0.15) is 5.56 Å². The second-order valence-electron chi connectivity index (χ2n) is 3.27. The Bertz CT molecular complexity index is 583. The summed E-state index contributed by atoms with van der Waals surface area (Å²) in [4.78, 5) is 26.2. The van der Waals surface area contributed by atoms with Gasteiger partial charge in [0.15, 0.2) is 5.16 Å². The molecule has 2 rings (SSSR count). The molecule has 0 aliphatic rings. The molecule has 2 heterocycles. The van der Waals surface area contributed by atoms with E-state index < -0.39 is 0 Å². The van der Waals surface area contributed by atoms with Crippen molar-refractivity contribution in [2.45, 2.75) is 17.1 Å². The van der Waals surface area contributed by atoms with E-state index in [0.717, 1.165) is 10.6 Å².